The normalized spacial score (nSPS) is 11.1. The van der Waals surface area contributed by atoms with E-state index in [-0.39, 0.29) is 11.3 Å². The maximum Gasteiger partial charge on any atom is 0.336 e. The number of phenolic OH excluding ortho intramolecular Hbond substituents is 1. The first-order chi connectivity index (χ1) is 11.0. The van der Waals surface area contributed by atoms with Gasteiger partial charge in [-0.1, -0.05) is 18.2 Å². The molecule has 5 nitrogen and oxygen atoms in total. The first-order valence-electron chi connectivity index (χ1n) is 7.10. The van der Waals surface area contributed by atoms with E-state index >= 15 is 0 Å². The number of carboxylic acids is 1. The molecule has 0 unspecified atom stereocenters. The molecule has 0 atom stereocenters. The average molecular weight is 314 g/mol. The second-order valence-electron chi connectivity index (χ2n) is 4.76. The van der Waals surface area contributed by atoms with Crippen LogP contribution >= 0.6 is 0 Å². The smallest absolute Gasteiger partial charge is 0.336 e. The highest BCUT2D eigenvalue weighted by Crippen LogP contribution is 2.29. The van der Waals surface area contributed by atoms with Crippen LogP contribution in [0, 0.1) is 0 Å². The maximum atomic E-state index is 11.6. The monoisotopic (exact) mass is 314 g/mol. The molecule has 0 aliphatic carbocycles. The van der Waals surface area contributed by atoms with Gasteiger partial charge in [-0.2, -0.15) is 0 Å². The van der Waals surface area contributed by atoms with Crippen molar-refractivity contribution in [3.8, 4) is 17.2 Å². The lowest BCUT2D eigenvalue weighted by Gasteiger charge is -2.08. The van der Waals surface area contributed by atoms with Crippen molar-refractivity contribution in [1.29, 1.82) is 0 Å². The van der Waals surface area contributed by atoms with Crippen LogP contribution in [0.3, 0.4) is 0 Å². The second kappa shape index (κ2) is 7.35. The Balaban J connectivity index is 2.44. The molecular weight excluding hydrogens is 296 g/mol. The zero-order valence-corrected chi connectivity index (χ0v) is 12.9. The predicted octanol–water partition coefficient (Wildman–Crippen LogP) is 3.42. The van der Waals surface area contributed by atoms with Crippen molar-refractivity contribution in [2.45, 2.75) is 6.92 Å². The minimum Gasteiger partial charge on any atom is -0.504 e. The van der Waals surface area contributed by atoms with Crippen molar-refractivity contribution in [1.82, 2.24) is 0 Å². The summed E-state index contributed by atoms with van der Waals surface area (Å²) < 4.78 is 10.4. The number of ether oxygens (including phenoxy) is 2. The van der Waals surface area contributed by atoms with E-state index in [2.05, 4.69) is 0 Å². The molecule has 23 heavy (non-hydrogen) atoms. The van der Waals surface area contributed by atoms with E-state index in [0.29, 0.717) is 29.2 Å². The first kappa shape index (κ1) is 16.4. The number of benzene rings is 2. The van der Waals surface area contributed by atoms with E-state index in [1.54, 1.807) is 36.4 Å². The van der Waals surface area contributed by atoms with E-state index in [0.717, 1.165) is 0 Å². The summed E-state index contributed by atoms with van der Waals surface area (Å²) in [6, 6.07) is 11.6. The summed E-state index contributed by atoms with van der Waals surface area (Å²) >= 11 is 0. The van der Waals surface area contributed by atoms with Gasteiger partial charge < -0.3 is 19.7 Å². The minimum atomic E-state index is -1.06. The first-order valence-corrected chi connectivity index (χ1v) is 7.10. The summed E-state index contributed by atoms with van der Waals surface area (Å²) in [4.78, 5) is 11.6. The molecule has 0 aliphatic rings. The third-order valence-electron chi connectivity index (χ3n) is 3.20. The SMILES string of the molecule is CCOc1cccc(/C(=C/c2ccc(OC)c(O)c2)C(=O)O)c1. The van der Waals surface area contributed by atoms with Crippen molar-refractivity contribution >= 4 is 17.6 Å². The summed E-state index contributed by atoms with van der Waals surface area (Å²) in [5.41, 5.74) is 1.19. The van der Waals surface area contributed by atoms with Crippen LogP contribution in [0.5, 0.6) is 17.2 Å². The van der Waals surface area contributed by atoms with Gasteiger partial charge in [0.1, 0.15) is 5.75 Å². The van der Waals surface area contributed by atoms with Crippen LogP contribution in [-0.2, 0) is 4.79 Å². The number of carboxylic acid groups (broad SMARTS) is 1. The lowest BCUT2D eigenvalue weighted by molar-refractivity contribution is -0.130. The maximum absolute atomic E-state index is 11.6. The van der Waals surface area contributed by atoms with Gasteiger partial charge in [0.2, 0.25) is 0 Å². The summed E-state index contributed by atoms with van der Waals surface area (Å²) in [6.45, 7) is 2.36. The molecular formula is C18H18O5. The Morgan fingerprint density at radius 2 is 2.00 bits per heavy atom. The number of methoxy groups -OCH3 is 1. The van der Waals surface area contributed by atoms with Crippen LogP contribution in [0.1, 0.15) is 18.1 Å². The minimum absolute atomic E-state index is 0.0472. The average Bonchev–Trinajstić information content (AvgIpc) is 2.53. The topological polar surface area (TPSA) is 76.0 Å². The van der Waals surface area contributed by atoms with Crippen molar-refractivity contribution in [2.24, 2.45) is 0 Å². The Morgan fingerprint density at radius 3 is 2.61 bits per heavy atom. The number of aliphatic carboxylic acids is 1. The Hall–Kier alpha value is -2.95. The summed E-state index contributed by atoms with van der Waals surface area (Å²) in [5.74, 6) is -0.171. The lowest BCUT2D eigenvalue weighted by atomic mass is 10.0. The molecule has 2 N–H and O–H groups in total. The molecule has 0 aromatic heterocycles. The van der Waals surface area contributed by atoms with Gasteiger partial charge in [0.15, 0.2) is 11.5 Å². The third-order valence-corrected chi connectivity index (χ3v) is 3.20. The number of aromatic hydroxyl groups is 1. The van der Waals surface area contributed by atoms with Gasteiger partial charge in [-0.05, 0) is 48.4 Å². The van der Waals surface area contributed by atoms with Crippen molar-refractivity contribution in [3.05, 3.63) is 53.6 Å². The molecule has 0 heterocycles. The summed E-state index contributed by atoms with van der Waals surface area (Å²) in [7, 11) is 1.45. The number of carbonyl (C=O) groups is 1. The molecule has 120 valence electrons. The fourth-order valence-electron chi connectivity index (χ4n) is 2.15. The van der Waals surface area contributed by atoms with Crippen molar-refractivity contribution in [2.75, 3.05) is 13.7 Å². The van der Waals surface area contributed by atoms with Gasteiger partial charge >= 0.3 is 5.97 Å². The van der Waals surface area contributed by atoms with Gasteiger partial charge in [0.05, 0.1) is 19.3 Å². The molecule has 0 spiro atoms. The van der Waals surface area contributed by atoms with Crippen LogP contribution in [0.15, 0.2) is 42.5 Å². The molecule has 0 aliphatic heterocycles. The molecule has 2 aromatic rings. The van der Waals surface area contributed by atoms with Gasteiger partial charge in [0.25, 0.3) is 0 Å². The second-order valence-corrected chi connectivity index (χ2v) is 4.76. The summed E-state index contributed by atoms with van der Waals surface area (Å²) in [6.07, 6.45) is 1.49. The number of hydrogen-bond acceptors (Lipinski definition) is 4. The molecule has 0 saturated heterocycles. The Labute approximate surface area is 134 Å². The molecule has 2 aromatic carbocycles. The van der Waals surface area contributed by atoms with E-state index in [4.69, 9.17) is 9.47 Å². The van der Waals surface area contributed by atoms with Crippen LogP contribution in [0.25, 0.3) is 11.6 Å². The molecule has 0 amide bonds. The highest BCUT2D eigenvalue weighted by Gasteiger charge is 2.12. The molecule has 0 saturated carbocycles. The van der Waals surface area contributed by atoms with E-state index in [1.807, 2.05) is 6.92 Å². The standard InChI is InChI=1S/C18H18O5/c1-3-23-14-6-4-5-13(11-14)15(18(20)21)9-12-7-8-17(22-2)16(19)10-12/h4-11,19H,3H2,1-2H3,(H,20,21)/b15-9-. The highest BCUT2D eigenvalue weighted by atomic mass is 16.5. The van der Waals surface area contributed by atoms with E-state index < -0.39 is 5.97 Å². The summed E-state index contributed by atoms with van der Waals surface area (Å²) in [5, 5.41) is 19.3. The molecule has 0 bridgehead atoms. The Morgan fingerprint density at radius 1 is 1.22 bits per heavy atom. The lowest BCUT2D eigenvalue weighted by Crippen LogP contribution is -2.00. The van der Waals surface area contributed by atoms with E-state index in [1.165, 1.54) is 19.3 Å². The quantitative estimate of drug-likeness (QED) is 0.631. The van der Waals surface area contributed by atoms with Crippen LogP contribution in [0.2, 0.25) is 0 Å². The Kier molecular flexibility index (Phi) is 5.25. The highest BCUT2D eigenvalue weighted by molar-refractivity contribution is 6.20. The number of rotatable bonds is 6. The molecule has 5 heteroatoms. The van der Waals surface area contributed by atoms with Gasteiger partial charge in [-0.15, -0.1) is 0 Å². The third kappa shape index (κ3) is 4.03. The molecule has 2 rings (SSSR count). The largest absolute Gasteiger partial charge is 0.504 e. The fraction of sp³-hybridized carbons (Fsp3) is 0.167. The molecule has 0 radical (unpaired) electrons. The predicted molar refractivity (Wildman–Crippen MR) is 87.8 cm³/mol. The van der Waals surface area contributed by atoms with Crippen LogP contribution in [-0.4, -0.2) is 29.9 Å². The molecule has 0 fully saturated rings. The number of hydrogen-bond donors (Lipinski definition) is 2. The van der Waals surface area contributed by atoms with Crippen molar-refractivity contribution in [3.63, 3.8) is 0 Å². The van der Waals surface area contributed by atoms with Gasteiger partial charge in [-0.25, -0.2) is 4.79 Å². The van der Waals surface area contributed by atoms with E-state index in [9.17, 15) is 15.0 Å². The van der Waals surface area contributed by atoms with Gasteiger partial charge in [-0.3, -0.25) is 0 Å². The zero-order chi connectivity index (χ0) is 16.8. The fourth-order valence-corrected chi connectivity index (χ4v) is 2.15. The van der Waals surface area contributed by atoms with Crippen LogP contribution < -0.4 is 9.47 Å². The van der Waals surface area contributed by atoms with Crippen LogP contribution in [0.4, 0.5) is 0 Å². The van der Waals surface area contributed by atoms with Crippen molar-refractivity contribution < 1.29 is 24.5 Å². The zero-order valence-electron chi connectivity index (χ0n) is 12.9. The Bertz CT molecular complexity index is 734. The van der Waals surface area contributed by atoms with Gasteiger partial charge in [0, 0.05) is 0 Å². The number of phenols is 1.